The third-order valence-corrected chi connectivity index (χ3v) is 1.72. The monoisotopic (exact) mass is 203 g/mol. The molecule has 0 fully saturated rings. The molecule has 1 aromatic rings. The number of aromatic nitrogens is 1. The van der Waals surface area contributed by atoms with Crippen molar-refractivity contribution < 1.29 is 13.2 Å². The molecule has 1 aromatic heterocycles. The van der Waals surface area contributed by atoms with Gasteiger partial charge in [-0.3, -0.25) is 0 Å². The number of halogens is 3. The first-order chi connectivity index (χ1) is 6.45. The summed E-state index contributed by atoms with van der Waals surface area (Å²) in [5.41, 5.74) is 4.82. The van der Waals surface area contributed by atoms with E-state index < -0.39 is 17.9 Å². The normalized spacial score (nSPS) is 13.6. The molecular formula is C8H8F3N3. The largest absolute Gasteiger partial charge is 0.431 e. The number of nitrogens with zero attached hydrogens (tertiary/aromatic N) is 1. The van der Waals surface area contributed by atoms with Gasteiger partial charge in [-0.1, -0.05) is 0 Å². The Kier molecular flexibility index (Phi) is 2.81. The number of rotatable bonds is 2. The molecule has 0 bridgehead atoms. The van der Waals surface area contributed by atoms with Crippen LogP contribution in [0.4, 0.5) is 13.2 Å². The van der Waals surface area contributed by atoms with Gasteiger partial charge in [-0.05, 0) is 12.1 Å². The highest BCUT2D eigenvalue weighted by atomic mass is 19.4. The van der Waals surface area contributed by atoms with Crippen molar-refractivity contribution in [2.45, 2.75) is 18.6 Å². The van der Waals surface area contributed by atoms with E-state index in [1.165, 1.54) is 6.07 Å². The molecule has 0 unspecified atom stereocenters. The van der Waals surface area contributed by atoms with Gasteiger partial charge in [-0.2, -0.15) is 18.4 Å². The third-order valence-electron chi connectivity index (χ3n) is 1.72. The molecule has 3 nitrogen and oxygen atoms in total. The topological polar surface area (TPSA) is 65.6 Å². The fourth-order valence-corrected chi connectivity index (χ4v) is 1.00. The lowest BCUT2D eigenvalue weighted by Crippen LogP contribution is -2.11. The highest BCUT2D eigenvalue weighted by molar-refractivity contribution is 5.18. The summed E-state index contributed by atoms with van der Waals surface area (Å²) in [5.74, 6) is 0. The molecule has 14 heavy (non-hydrogen) atoms. The molecular weight excluding hydrogens is 195 g/mol. The molecule has 0 saturated heterocycles. The van der Waals surface area contributed by atoms with Gasteiger partial charge in [-0.15, -0.1) is 0 Å². The van der Waals surface area contributed by atoms with Gasteiger partial charge in [0.1, 0.15) is 5.69 Å². The molecule has 0 spiro atoms. The van der Waals surface area contributed by atoms with Crippen LogP contribution in [0.5, 0.6) is 0 Å². The van der Waals surface area contributed by atoms with Crippen LogP contribution in [0.25, 0.3) is 0 Å². The number of hydrogen-bond acceptors (Lipinski definition) is 2. The molecule has 6 heteroatoms. The predicted octanol–water partition coefficient (Wildman–Crippen LogP) is 1.95. The summed E-state index contributed by atoms with van der Waals surface area (Å²) in [6.45, 7) is 0. The second-order valence-electron chi connectivity index (χ2n) is 2.79. The Morgan fingerprint density at radius 3 is 2.57 bits per heavy atom. The smallest absolute Gasteiger partial charge is 0.354 e. The van der Waals surface area contributed by atoms with Crippen LogP contribution in [-0.2, 0) is 6.18 Å². The maximum absolute atomic E-state index is 12.1. The average Bonchev–Trinajstić information content (AvgIpc) is 2.51. The minimum Gasteiger partial charge on any atom is -0.354 e. The second kappa shape index (κ2) is 3.72. The van der Waals surface area contributed by atoms with Crippen molar-refractivity contribution in [2.24, 2.45) is 5.73 Å². The van der Waals surface area contributed by atoms with Crippen LogP contribution < -0.4 is 5.73 Å². The Labute approximate surface area is 78.3 Å². The van der Waals surface area contributed by atoms with Crippen LogP contribution in [0, 0.1) is 11.3 Å². The molecule has 0 saturated carbocycles. The molecule has 76 valence electrons. The van der Waals surface area contributed by atoms with E-state index in [0.29, 0.717) is 0 Å². The summed E-state index contributed by atoms with van der Waals surface area (Å²) in [6, 6.07) is 3.24. The first-order valence-electron chi connectivity index (χ1n) is 3.84. The Morgan fingerprint density at radius 2 is 2.14 bits per heavy atom. The van der Waals surface area contributed by atoms with Gasteiger partial charge >= 0.3 is 6.18 Å². The number of alkyl halides is 3. The van der Waals surface area contributed by atoms with Crippen molar-refractivity contribution in [3.8, 4) is 6.07 Å². The number of nitrogens with two attached hydrogens (primary N) is 1. The van der Waals surface area contributed by atoms with Crippen LogP contribution in [0.15, 0.2) is 12.1 Å². The van der Waals surface area contributed by atoms with Crippen LogP contribution in [0.2, 0.25) is 0 Å². The first kappa shape index (κ1) is 10.6. The van der Waals surface area contributed by atoms with E-state index in [-0.39, 0.29) is 12.1 Å². The van der Waals surface area contributed by atoms with Crippen molar-refractivity contribution in [3.05, 3.63) is 23.5 Å². The molecule has 0 radical (unpaired) electrons. The van der Waals surface area contributed by atoms with E-state index in [1.54, 1.807) is 6.07 Å². The fourth-order valence-electron chi connectivity index (χ4n) is 1.00. The van der Waals surface area contributed by atoms with Gasteiger partial charge in [0.2, 0.25) is 0 Å². The van der Waals surface area contributed by atoms with Gasteiger partial charge in [0, 0.05) is 5.69 Å². The Hall–Kier alpha value is -1.48. The van der Waals surface area contributed by atoms with Crippen LogP contribution in [0.3, 0.4) is 0 Å². The lowest BCUT2D eigenvalue weighted by atomic mass is 10.2. The first-order valence-corrected chi connectivity index (χ1v) is 3.84. The lowest BCUT2D eigenvalue weighted by Gasteiger charge is -2.05. The van der Waals surface area contributed by atoms with Crippen molar-refractivity contribution in [1.29, 1.82) is 5.26 Å². The lowest BCUT2D eigenvalue weighted by molar-refractivity contribution is -0.140. The fraction of sp³-hybridized carbons (Fsp3) is 0.375. The van der Waals surface area contributed by atoms with Crippen molar-refractivity contribution in [2.75, 3.05) is 0 Å². The average molecular weight is 203 g/mol. The molecule has 1 rings (SSSR count). The number of hydrogen-bond donors (Lipinski definition) is 2. The zero-order chi connectivity index (χ0) is 10.8. The highest BCUT2D eigenvalue weighted by Gasteiger charge is 2.32. The molecule has 3 N–H and O–H groups in total. The van der Waals surface area contributed by atoms with E-state index in [1.807, 2.05) is 0 Å². The van der Waals surface area contributed by atoms with Crippen molar-refractivity contribution in [3.63, 3.8) is 0 Å². The molecule has 0 amide bonds. The standard InChI is InChI=1S/C8H8F3N3/c9-8(10,11)7-2-1-6(14-7)5(13)3-4-12/h1-2,5,14H,3,13H2/t5-/m1/s1. The van der Waals surface area contributed by atoms with Gasteiger partial charge in [-0.25, -0.2) is 0 Å². The second-order valence-corrected chi connectivity index (χ2v) is 2.79. The van der Waals surface area contributed by atoms with E-state index in [2.05, 4.69) is 4.98 Å². The van der Waals surface area contributed by atoms with Crippen LogP contribution in [-0.4, -0.2) is 4.98 Å². The van der Waals surface area contributed by atoms with Gasteiger partial charge < -0.3 is 10.7 Å². The number of H-pyrrole nitrogens is 1. The minimum absolute atomic E-state index is 0.0161. The van der Waals surface area contributed by atoms with Crippen molar-refractivity contribution in [1.82, 2.24) is 4.98 Å². The number of nitriles is 1. The minimum atomic E-state index is -4.40. The summed E-state index contributed by atoms with van der Waals surface area (Å²) in [5, 5.41) is 8.30. The number of aromatic amines is 1. The summed E-state index contributed by atoms with van der Waals surface area (Å²) >= 11 is 0. The third kappa shape index (κ3) is 2.26. The molecule has 0 aliphatic heterocycles. The van der Waals surface area contributed by atoms with Gasteiger partial charge in [0.25, 0.3) is 0 Å². The maximum Gasteiger partial charge on any atom is 0.431 e. The SMILES string of the molecule is N#CC[C@@H](N)c1ccc(C(F)(F)F)[nH]1. The molecule has 0 aromatic carbocycles. The van der Waals surface area contributed by atoms with Crippen molar-refractivity contribution >= 4 is 0 Å². The summed E-state index contributed by atoms with van der Waals surface area (Å²) in [4.78, 5) is 2.14. The highest BCUT2D eigenvalue weighted by Crippen LogP contribution is 2.29. The Bertz CT molecular complexity index is 347. The van der Waals surface area contributed by atoms with E-state index in [0.717, 1.165) is 6.07 Å². The van der Waals surface area contributed by atoms with E-state index >= 15 is 0 Å². The zero-order valence-electron chi connectivity index (χ0n) is 7.10. The van der Waals surface area contributed by atoms with Gasteiger partial charge in [0.05, 0.1) is 18.5 Å². The molecule has 0 aliphatic rings. The van der Waals surface area contributed by atoms with Crippen LogP contribution in [0.1, 0.15) is 23.9 Å². The summed E-state index contributed by atoms with van der Waals surface area (Å²) < 4.78 is 36.3. The quantitative estimate of drug-likeness (QED) is 0.771. The number of nitrogens with one attached hydrogen (secondary N) is 1. The van der Waals surface area contributed by atoms with E-state index in [4.69, 9.17) is 11.0 Å². The molecule has 0 aliphatic carbocycles. The zero-order valence-corrected chi connectivity index (χ0v) is 7.10. The molecule has 1 heterocycles. The Morgan fingerprint density at radius 1 is 1.50 bits per heavy atom. The van der Waals surface area contributed by atoms with E-state index in [9.17, 15) is 13.2 Å². The van der Waals surface area contributed by atoms with Gasteiger partial charge in [0.15, 0.2) is 0 Å². The summed E-state index contributed by atoms with van der Waals surface area (Å²) in [7, 11) is 0. The predicted molar refractivity (Wildman–Crippen MR) is 43.0 cm³/mol. The van der Waals surface area contributed by atoms with Crippen LogP contribution >= 0.6 is 0 Å². The maximum atomic E-state index is 12.1. The Balaban J connectivity index is 2.84. The summed E-state index contributed by atoms with van der Waals surface area (Å²) in [6.07, 6.45) is -4.41. The molecule has 1 atom stereocenters.